The van der Waals surface area contributed by atoms with Crippen molar-refractivity contribution < 1.29 is 14.0 Å². The largest absolute Gasteiger partial charge is 0.320 e. The summed E-state index contributed by atoms with van der Waals surface area (Å²) in [5, 5.41) is 3.56. The summed E-state index contributed by atoms with van der Waals surface area (Å²) in [6.07, 6.45) is 1.42. The molecule has 25 heavy (non-hydrogen) atoms. The summed E-state index contributed by atoms with van der Waals surface area (Å²) in [6.45, 7) is 5.13. The van der Waals surface area contributed by atoms with E-state index in [1.165, 1.54) is 35.9 Å². The SMILES string of the molecule is CC(=O)n1cc(C(=O)Nc2c(C)cc(C)cc2Cl)c2cc(F)ccc21. The van der Waals surface area contributed by atoms with E-state index in [4.69, 9.17) is 11.6 Å². The van der Waals surface area contributed by atoms with E-state index >= 15 is 0 Å². The van der Waals surface area contributed by atoms with E-state index in [1.54, 1.807) is 6.07 Å². The van der Waals surface area contributed by atoms with Crippen LogP contribution in [0.5, 0.6) is 0 Å². The van der Waals surface area contributed by atoms with Gasteiger partial charge in [-0.25, -0.2) is 4.39 Å². The lowest BCUT2D eigenvalue weighted by atomic mass is 10.1. The third-order valence-electron chi connectivity index (χ3n) is 4.02. The van der Waals surface area contributed by atoms with Gasteiger partial charge in [-0.05, 0) is 49.2 Å². The van der Waals surface area contributed by atoms with Gasteiger partial charge in [-0.2, -0.15) is 0 Å². The number of rotatable bonds is 2. The van der Waals surface area contributed by atoms with Gasteiger partial charge in [0.05, 0.1) is 21.8 Å². The Hall–Kier alpha value is -2.66. The van der Waals surface area contributed by atoms with Crippen LogP contribution in [0.25, 0.3) is 10.9 Å². The second-order valence-electron chi connectivity index (χ2n) is 5.99. The molecule has 0 atom stereocenters. The van der Waals surface area contributed by atoms with Gasteiger partial charge in [0.2, 0.25) is 5.91 Å². The molecule has 0 aliphatic heterocycles. The number of amides is 1. The van der Waals surface area contributed by atoms with Crippen LogP contribution in [0, 0.1) is 19.7 Å². The third kappa shape index (κ3) is 3.15. The number of nitrogens with zero attached hydrogens (tertiary/aromatic N) is 1. The molecule has 0 saturated carbocycles. The first kappa shape index (κ1) is 17.2. The maximum absolute atomic E-state index is 13.6. The maximum atomic E-state index is 13.6. The van der Waals surface area contributed by atoms with Crippen LogP contribution in [-0.4, -0.2) is 16.4 Å². The predicted molar refractivity (Wildman–Crippen MR) is 97.1 cm³/mol. The van der Waals surface area contributed by atoms with Gasteiger partial charge in [0.15, 0.2) is 0 Å². The fourth-order valence-electron chi connectivity index (χ4n) is 2.90. The number of aryl methyl sites for hydroxylation is 2. The average Bonchev–Trinajstić information content (AvgIpc) is 2.89. The van der Waals surface area contributed by atoms with E-state index in [1.807, 2.05) is 19.9 Å². The minimum Gasteiger partial charge on any atom is -0.320 e. The van der Waals surface area contributed by atoms with Gasteiger partial charge >= 0.3 is 0 Å². The number of hydrogen-bond acceptors (Lipinski definition) is 2. The number of carbonyl (C=O) groups is 2. The highest BCUT2D eigenvalue weighted by atomic mass is 35.5. The Labute approximate surface area is 149 Å². The van der Waals surface area contributed by atoms with Crippen LogP contribution in [0.1, 0.15) is 33.2 Å². The molecule has 0 aliphatic carbocycles. The van der Waals surface area contributed by atoms with Crippen molar-refractivity contribution in [3.8, 4) is 0 Å². The molecular weight excluding hydrogens is 343 g/mol. The molecule has 128 valence electrons. The van der Waals surface area contributed by atoms with Gasteiger partial charge in [-0.1, -0.05) is 17.7 Å². The molecule has 3 rings (SSSR count). The van der Waals surface area contributed by atoms with Crippen LogP contribution in [-0.2, 0) is 0 Å². The Morgan fingerprint density at radius 3 is 2.52 bits per heavy atom. The van der Waals surface area contributed by atoms with Gasteiger partial charge in [-0.3, -0.25) is 14.2 Å². The predicted octanol–water partition coefficient (Wildman–Crippen LogP) is 4.96. The van der Waals surface area contributed by atoms with E-state index in [2.05, 4.69) is 5.32 Å². The molecule has 0 saturated heterocycles. The summed E-state index contributed by atoms with van der Waals surface area (Å²) in [5.74, 6) is -1.20. The Balaban J connectivity index is 2.09. The molecule has 1 aromatic heterocycles. The van der Waals surface area contributed by atoms with Gasteiger partial charge in [-0.15, -0.1) is 0 Å². The number of nitrogens with one attached hydrogen (secondary N) is 1. The molecule has 6 heteroatoms. The number of hydrogen-bond donors (Lipinski definition) is 1. The van der Waals surface area contributed by atoms with Gasteiger partial charge in [0, 0.05) is 18.5 Å². The summed E-state index contributed by atoms with van der Waals surface area (Å²) in [7, 11) is 0. The smallest absolute Gasteiger partial charge is 0.257 e. The van der Waals surface area contributed by atoms with Crippen LogP contribution in [0.4, 0.5) is 10.1 Å². The third-order valence-corrected chi connectivity index (χ3v) is 4.32. The van der Waals surface area contributed by atoms with E-state index in [0.717, 1.165) is 11.1 Å². The first-order valence-electron chi connectivity index (χ1n) is 7.67. The van der Waals surface area contributed by atoms with Crippen molar-refractivity contribution in [2.45, 2.75) is 20.8 Å². The first-order valence-corrected chi connectivity index (χ1v) is 8.05. The standard InChI is InChI=1S/C19H16ClFN2O2/c1-10-6-11(2)18(16(20)7-10)22-19(25)15-9-23(12(3)24)17-5-4-13(21)8-14(15)17/h4-9H,1-3H3,(H,22,25). The molecule has 0 bridgehead atoms. The second kappa shape index (κ2) is 6.33. The molecule has 3 aromatic rings. The molecule has 2 aromatic carbocycles. The topological polar surface area (TPSA) is 51.1 Å². The fourth-order valence-corrected chi connectivity index (χ4v) is 3.27. The lowest BCUT2D eigenvalue weighted by Crippen LogP contribution is -2.13. The molecule has 0 spiro atoms. The second-order valence-corrected chi connectivity index (χ2v) is 6.39. The first-order chi connectivity index (χ1) is 11.8. The van der Waals surface area contributed by atoms with Crippen LogP contribution in [0.3, 0.4) is 0 Å². The summed E-state index contributed by atoms with van der Waals surface area (Å²) in [4.78, 5) is 24.5. The van der Waals surface area contributed by atoms with Gasteiger partial charge < -0.3 is 5.32 Å². The lowest BCUT2D eigenvalue weighted by Gasteiger charge is -2.11. The van der Waals surface area contributed by atoms with E-state index < -0.39 is 11.7 Å². The summed E-state index contributed by atoms with van der Waals surface area (Å²) in [6, 6.07) is 7.63. The van der Waals surface area contributed by atoms with Gasteiger partial charge in [0.1, 0.15) is 5.82 Å². The number of fused-ring (bicyclic) bond motifs is 1. The number of benzene rings is 2. The number of aromatic nitrogens is 1. The average molecular weight is 359 g/mol. The minimum atomic E-state index is -0.479. The maximum Gasteiger partial charge on any atom is 0.257 e. The summed E-state index contributed by atoms with van der Waals surface area (Å²) < 4.78 is 15.0. The van der Waals surface area contributed by atoms with Crippen LogP contribution >= 0.6 is 11.6 Å². The number of carbonyl (C=O) groups excluding carboxylic acids is 2. The number of anilines is 1. The molecule has 0 aliphatic rings. The molecule has 0 radical (unpaired) electrons. The Kier molecular flexibility index (Phi) is 4.35. The van der Waals surface area contributed by atoms with Crippen LogP contribution in [0.15, 0.2) is 36.5 Å². The minimum absolute atomic E-state index is 0.209. The summed E-state index contributed by atoms with van der Waals surface area (Å²) in [5.41, 5.74) is 2.99. The monoisotopic (exact) mass is 358 g/mol. The fraction of sp³-hybridized carbons (Fsp3) is 0.158. The van der Waals surface area contributed by atoms with E-state index in [-0.39, 0.29) is 11.5 Å². The zero-order valence-corrected chi connectivity index (χ0v) is 14.7. The van der Waals surface area contributed by atoms with Crippen molar-refractivity contribution in [3.05, 3.63) is 64.1 Å². The van der Waals surface area contributed by atoms with Crippen molar-refractivity contribution in [1.82, 2.24) is 4.57 Å². The van der Waals surface area contributed by atoms with E-state index in [0.29, 0.717) is 21.6 Å². The van der Waals surface area contributed by atoms with Crippen molar-refractivity contribution in [3.63, 3.8) is 0 Å². The summed E-state index contributed by atoms with van der Waals surface area (Å²) >= 11 is 6.23. The van der Waals surface area contributed by atoms with Crippen LogP contribution < -0.4 is 5.32 Å². The molecule has 0 unspecified atom stereocenters. The molecule has 4 nitrogen and oxygen atoms in total. The van der Waals surface area contributed by atoms with Gasteiger partial charge in [0.25, 0.3) is 5.91 Å². The molecule has 1 amide bonds. The van der Waals surface area contributed by atoms with Crippen molar-refractivity contribution >= 4 is 40.0 Å². The molecule has 0 fully saturated rings. The lowest BCUT2D eigenvalue weighted by molar-refractivity contribution is 0.0941. The Bertz CT molecular complexity index is 1000. The van der Waals surface area contributed by atoms with Crippen molar-refractivity contribution in [2.75, 3.05) is 5.32 Å². The normalized spacial score (nSPS) is 10.9. The Morgan fingerprint density at radius 2 is 1.88 bits per heavy atom. The highest BCUT2D eigenvalue weighted by Gasteiger charge is 2.19. The highest BCUT2D eigenvalue weighted by Crippen LogP contribution is 2.29. The quantitative estimate of drug-likeness (QED) is 0.703. The molecule has 1 N–H and O–H groups in total. The highest BCUT2D eigenvalue weighted by molar-refractivity contribution is 6.34. The molecule has 1 heterocycles. The van der Waals surface area contributed by atoms with E-state index in [9.17, 15) is 14.0 Å². The Morgan fingerprint density at radius 1 is 1.16 bits per heavy atom. The molecular formula is C19H16ClFN2O2. The zero-order chi connectivity index (χ0) is 18.3. The van der Waals surface area contributed by atoms with Crippen LogP contribution in [0.2, 0.25) is 5.02 Å². The zero-order valence-electron chi connectivity index (χ0n) is 14.0. The number of halogens is 2. The van der Waals surface area contributed by atoms with Crippen molar-refractivity contribution in [2.24, 2.45) is 0 Å². The van der Waals surface area contributed by atoms with Crippen molar-refractivity contribution in [1.29, 1.82) is 0 Å².